The summed E-state index contributed by atoms with van der Waals surface area (Å²) in [6.45, 7) is 4.80. The van der Waals surface area contributed by atoms with Gasteiger partial charge >= 0.3 is 0 Å². The molecule has 2 aromatic rings. The number of hydrogen-bond donors (Lipinski definition) is 2. The molecule has 1 aliphatic rings. The minimum atomic E-state index is -1.53. The normalized spacial score (nSPS) is 18.2. The van der Waals surface area contributed by atoms with Gasteiger partial charge in [0.2, 0.25) is 5.91 Å². The summed E-state index contributed by atoms with van der Waals surface area (Å²) in [7, 11) is 0. The zero-order valence-electron chi connectivity index (χ0n) is 15.3. The van der Waals surface area contributed by atoms with Crippen molar-refractivity contribution in [2.75, 3.05) is 4.90 Å². The third-order valence-electron chi connectivity index (χ3n) is 4.74. The minimum Gasteiger partial charge on any atom is -0.381 e. The predicted octanol–water partition coefficient (Wildman–Crippen LogP) is 2.59. The summed E-state index contributed by atoms with van der Waals surface area (Å²) >= 11 is 0. The Morgan fingerprint density at radius 2 is 1.77 bits per heavy atom. The summed E-state index contributed by atoms with van der Waals surface area (Å²) in [5.41, 5.74) is 1.34. The van der Waals surface area contributed by atoms with Crippen LogP contribution in [0.2, 0.25) is 0 Å². The van der Waals surface area contributed by atoms with Gasteiger partial charge in [0.25, 0.3) is 5.91 Å². The molecule has 0 aromatic heterocycles. The first-order valence-electron chi connectivity index (χ1n) is 8.78. The smallest absolute Gasteiger partial charge is 0.252 e. The molecule has 5 nitrogen and oxygen atoms in total. The minimum absolute atomic E-state index is 0.169. The third-order valence-corrected chi connectivity index (χ3v) is 4.74. The number of amides is 2. The van der Waals surface area contributed by atoms with Gasteiger partial charge in [-0.15, -0.1) is 0 Å². The number of nitrogens with zero attached hydrogens (tertiary/aromatic N) is 1. The molecule has 0 saturated heterocycles. The number of rotatable bonds is 4. The largest absolute Gasteiger partial charge is 0.381 e. The summed E-state index contributed by atoms with van der Waals surface area (Å²) in [5.74, 6) is -0.722. The van der Waals surface area contributed by atoms with E-state index in [4.69, 9.17) is 0 Å². The second-order valence-electron chi connectivity index (χ2n) is 7.21. The van der Waals surface area contributed by atoms with Crippen LogP contribution in [0.3, 0.4) is 0 Å². The zero-order chi connectivity index (χ0) is 18.9. The predicted molar refractivity (Wildman–Crippen MR) is 101 cm³/mol. The topological polar surface area (TPSA) is 69.6 Å². The van der Waals surface area contributed by atoms with Crippen LogP contribution in [0.1, 0.15) is 37.9 Å². The van der Waals surface area contributed by atoms with E-state index in [1.54, 1.807) is 4.90 Å². The average Bonchev–Trinajstić information content (AvgIpc) is 2.62. The summed E-state index contributed by atoms with van der Waals surface area (Å²) in [4.78, 5) is 27.1. The number of carbonyl (C=O) groups is 2. The summed E-state index contributed by atoms with van der Waals surface area (Å²) in [5, 5.41) is 12.6. The van der Waals surface area contributed by atoms with Gasteiger partial charge in [0.1, 0.15) is 11.6 Å². The Labute approximate surface area is 153 Å². The van der Waals surface area contributed by atoms with E-state index in [1.807, 2.05) is 61.5 Å². The molecule has 1 heterocycles. The molecule has 2 aromatic carbocycles. The van der Waals surface area contributed by atoms with E-state index < -0.39 is 17.6 Å². The lowest BCUT2D eigenvalue weighted by molar-refractivity contribution is -0.139. The molecule has 2 amide bonds. The summed E-state index contributed by atoms with van der Waals surface area (Å²) in [6, 6.07) is 16.7. The van der Waals surface area contributed by atoms with Crippen LogP contribution in [0.4, 0.5) is 5.69 Å². The van der Waals surface area contributed by atoms with Crippen molar-refractivity contribution in [3.63, 3.8) is 0 Å². The molecule has 0 fully saturated rings. The van der Waals surface area contributed by atoms with Crippen LogP contribution in [-0.4, -0.2) is 28.6 Å². The van der Waals surface area contributed by atoms with E-state index in [-0.39, 0.29) is 11.9 Å². The van der Waals surface area contributed by atoms with Crippen molar-refractivity contribution in [3.8, 4) is 0 Å². The second-order valence-corrected chi connectivity index (χ2v) is 7.21. The number of benzene rings is 2. The van der Waals surface area contributed by atoms with Gasteiger partial charge in [-0.25, -0.2) is 0 Å². The highest BCUT2D eigenvalue weighted by atomic mass is 16.3. The zero-order valence-corrected chi connectivity index (χ0v) is 15.3. The van der Waals surface area contributed by atoms with Gasteiger partial charge in [0.15, 0.2) is 0 Å². The Morgan fingerprint density at radius 1 is 1.15 bits per heavy atom. The molecule has 0 spiro atoms. The lowest BCUT2D eigenvalue weighted by Gasteiger charge is -2.39. The van der Waals surface area contributed by atoms with E-state index in [9.17, 15) is 14.7 Å². The van der Waals surface area contributed by atoms with Crippen molar-refractivity contribution in [1.82, 2.24) is 5.32 Å². The van der Waals surface area contributed by atoms with Crippen molar-refractivity contribution in [2.24, 2.45) is 0 Å². The fourth-order valence-corrected chi connectivity index (χ4v) is 3.24. The highest BCUT2D eigenvalue weighted by Crippen LogP contribution is 2.34. The lowest BCUT2D eigenvalue weighted by atomic mass is 9.93. The number of hydrogen-bond acceptors (Lipinski definition) is 3. The Balaban J connectivity index is 1.97. The number of fused-ring (bicyclic) bond motifs is 1. The fourth-order valence-electron chi connectivity index (χ4n) is 3.24. The quantitative estimate of drug-likeness (QED) is 0.889. The van der Waals surface area contributed by atoms with Crippen LogP contribution in [0.5, 0.6) is 0 Å². The van der Waals surface area contributed by atoms with Crippen LogP contribution < -0.4 is 10.2 Å². The number of aliphatic hydroxyl groups is 1. The molecule has 2 atom stereocenters. The maximum Gasteiger partial charge on any atom is 0.252 e. The van der Waals surface area contributed by atoms with Crippen molar-refractivity contribution in [2.45, 2.75) is 44.9 Å². The first-order valence-corrected chi connectivity index (χ1v) is 8.78. The van der Waals surface area contributed by atoms with Crippen molar-refractivity contribution < 1.29 is 14.7 Å². The maximum absolute atomic E-state index is 13.2. The summed E-state index contributed by atoms with van der Waals surface area (Å²) < 4.78 is 0. The highest BCUT2D eigenvalue weighted by Gasteiger charge is 2.38. The average molecular weight is 352 g/mol. The van der Waals surface area contributed by atoms with E-state index in [2.05, 4.69) is 5.32 Å². The molecular weight excluding hydrogens is 328 g/mol. The van der Waals surface area contributed by atoms with Gasteiger partial charge in [-0.3, -0.25) is 9.59 Å². The highest BCUT2D eigenvalue weighted by molar-refractivity contribution is 6.03. The van der Waals surface area contributed by atoms with E-state index >= 15 is 0 Å². The molecule has 0 radical (unpaired) electrons. The first-order chi connectivity index (χ1) is 12.3. The van der Waals surface area contributed by atoms with Crippen LogP contribution in [0, 0.1) is 0 Å². The van der Waals surface area contributed by atoms with Gasteiger partial charge in [-0.1, -0.05) is 48.5 Å². The van der Waals surface area contributed by atoms with Gasteiger partial charge in [0.05, 0.1) is 6.04 Å². The van der Waals surface area contributed by atoms with Crippen molar-refractivity contribution >= 4 is 17.5 Å². The Bertz CT molecular complexity index is 812. The molecule has 2 N–H and O–H groups in total. The van der Waals surface area contributed by atoms with Crippen molar-refractivity contribution in [1.29, 1.82) is 0 Å². The Morgan fingerprint density at radius 3 is 2.42 bits per heavy atom. The van der Waals surface area contributed by atoms with Crippen LogP contribution >= 0.6 is 0 Å². The molecule has 3 rings (SSSR count). The second kappa shape index (κ2) is 6.92. The molecule has 0 bridgehead atoms. The van der Waals surface area contributed by atoms with Gasteiger partial charge in [-0.2, -0.15) is 0 Å². The Hall–Kier alpha value is -2.66. The maximum atomic E-state index is 13.2. The number of carbonyl (C=O) groups excluding carboxylic acids is 2. The standard InChI is InChI=1S/C21H24N2O3/c1-14(15-9-5-4-6-10-15)23-18-12-8-7-11-16(18)13-17(19(23)24)22-20(25)21(2,3)26/h4-12,14,17,26H,13H2,1-3H3,(H,22,25)/t14-,17+/m0/s1. The van der Waals surface area contributed by atoms with Crippen LogP contribution in [0.25, 0.3) is 0 Å². The molecule has 5 heteroatoms. The molecule has 0 unspecified atom stereocenters. The van der Waals surface area contributed by atoms with Gasteiger partial charge in [-0.05, 0) is 38.0 Å². The fraction of sp³-hybridized carbons (Fsp3) is 0.333. The number of para-hydroxylation sites is 1. The molecule has 0 aliphatic carbocycles. The SMILES string of the molecule is C[C@@H](c1ccccc1)N1C(=O)[C@H](NC(=O)C(C)(C)O)Cc2ccccc21. The van der Waals surface area contributed by atoms with Gasteiger partial charge in [0, 0.05) is 12.1 Å². The number of anilines is 1. The van der Waals surface area contributed by atoms with E-state index in [0.29, 0.717) is 6.42 Å². The Kier molecular flexibility index (Phi) is 4.83. The summed E-state index contributed by atoms with van der Waals surface area (Å²) in [6.07, 6.45) is 0.412. The van der Waals surface area contributed by atoms with E-state index in [1.165, 1.54) is 13.8 Å². The number of nitrogens with one attached hydrogen (secondary N) is 1. The third kappa shape index (κ3) is 3.48. The van der Waals surface area contributed by atoms with Crippen LogP contribution in [-0.2, 0) is 16.0 Å². The molecule has 26 heavy (non-hydrogen) atoms. The van der Waals surface area contributed by atoms with Crippen LogP contribution in [0.15, 0.2) is 54.6 Å². The van der Waals surface area contributed by atoms with E-state index in [0.717, 1.165) is 16.8 Å². The molecule has 136 valence electrons. The van der Waals surface area contributed by atoms with Crippen molar-refractivity contribution in [3.05, 3.63) is 65.7 Å². The molecule has 0 saturated carbocycles. The monoisotopic (exact) mass is 352 g/mol. The molecule has 1 aliphatic heterocycles. The molecular formula is C21H24N2O3. The lowest BCUT2D eigenvalue weighted by Crippen LogP contribution is -2.56. The first kappa shape index (κ1) is 18.1. The van der Waals surface area contributed by atoms with Gasteiger partial charge < -0.3 is 15.3 Å².